The summed E-state index contributed by atoms with van der Waals surface area (Å²) in [7, 11) is 0. The Morgan fingerprint density at radius 3 is 2.78 bits per heavy atom. The van der Waals surface area contributed by atoms with Crippen LogP contribution in [0.25, 0.3) is 0 Å². The molecule has 0 aliphatic carbocycles. The highest BCUT2D eigenvalue weighted by Gasteiger charge is 2.25. The molecule has 6 heteroatoms. The SMILES string of the molecule is O=C(c1sccc1Cl)N1CCC(OCCCl)CC1. The minimum absolute atomic E-state index is 0.0331. The summed E-state index contributed by atoms with van der Waals surface area (Å²) in [6.07, 6.45) is 1.96. The number of carbonyl (C=O) groups is 1. The van der Waals surface area contributed by atoms with E-state index in [1.807, 2.05) is 10.3 Å². The summed E-state index contributed by atoms with van der Waals surface area (Å²) < 4.78 is 5.58. The first-order chi connectivity index (χ1) is 8.72. The lowest BCUT2D eigenvalue weighted by Crippen LogP contribution is -2.40. The molecule has 1 aliphatic rings. The minimum atomic E-state index is 0.0331. The number of nitrogens with zero attached hydrogens (tertiary/aromatic N) is 1. The van der Waals surface area contributed by atoms with Gasteiger partial charge in [0.15, 0.2) is 0 Å². The van der Waals surface area contributed by atoms with Crippen LogP contribution in [-0.4, -0.2) is 42.5 Å². The van der Waals surface area contributed by atoms with Gasteiger partial charge in [-0.25, -0.2) is 0 Å². The maximum absolute atomic E-state index is 12.2. The lowest BCUT2D eigenvalue weighted by molar-refractivity contribution is 0.0156. The minimum Gasteiger partial charge on any atom is -0.377 e. The molecule has 0 saturated carbocycles. The summed E-state index contributed by atoms with van der Waals surface area (Å²) in [6, 6.07) is 1.76. The molecule has 0 unspecified atom stereocenters. The normalized spacial score (nSPS) is 17.1. The Labute approximate surface area is 121 Å². The van der Waals surface area contributed by atoms with Gasteiger partial charge in [0, 0.05) is 19.0 Å². The van der Waals surface area contributed by atoms with E-state index in [2.05, 4.69) is 0 Å². The number of alkyl halides is 1. The van der Waals surface area contributed by atoms with Gasteiger partial charge in [-0.05, 0) is 24.3 Å². The van der Waals surface area contributed by atoms with Gasteiger partial charge in [0.05, 0.1) is 17.7 Å². The lowest BCUT2D eigenvalue weighted by Gasteiger charge is -2.31. The molecule has 1 amide bonds. The summed E-state index contributed by atoms with van der Waals surface area (Å²) in [5, 5.41) is 2.39. The third-order valence-corrected chi connectivity index (χ3v) is 4.46. The highest BCUT2D eigenvalue weighted by molar-refractivity contribution is 7.12. The molecule has 3 nitrogen and oxygen atoms in total. The van der Waals surface area contributed by atoms with Crippen LogP contribution in [0.2, 0.25) is 5.02 Å². The van der Waals surface area contributed by atoms with Gasteiger partial charge in [-0.2, -0.15) is 0 Å². The number of likely N-dealkylation sites (tertiary alicyclic amines) is 1. The quantitative estimate of drug-likeness (QED) is 0.799. The molecular formula is C12H15Cl2NO2S. The van der Waals surface area contributed by atoms with Gasteiger partial charge in [0.2, 0.25) is 0 Å². The number of thiophene rings is 1. The molecule has 0 spiro atoms. The van der Waals surface area contributed by atoms with E-state index in [9.17, 15) is 4.79 Å². The van der Waals surface area contributed by atoms with Gasteiger partial charge in [0.1, 0.15) is 4.88 Å². The van der Waals surface area contributed by atoms with Crippen molar-refractivity contribution in [1.29, 1.82) is 0 Å². The second-order valence-corrected chi connectivity index (χ2v) is 5.85. The predicted octanol–water partition coefficient (Wildman–Crippen LogP) is 3.26. The maximum atomic E-state index is 12.2. The standard InChI is InChI=1S/C12H15Cl2NO2S/c13-4-7-17-9-1-5-15(6-2-9)12(16)11-10(14)3-8-18-11/h3,8-9H,1-2,4-7H2. The van der Waals surface area contributed by atoms with Crippen LogP contribution in [0, 0.1) is 0 Å². The average molecular weight is 308 g/mol. The number of rotatable bonds is 4. The van der Waals surface area contributed by atoms with Gasteiger partial charge < -0.3 is 9.64 Å². The molecule has 1 aromatic heterocycles. The summed E-state index contributed by atoms with van der Waals surface area (Å²) in [6.45, 7) is 2.02. The van der Waals surface area contributed by atoms with Crippen LogP contribution in [0.15, 0.2) is 11.4 Å². The van der Waals surface area contributed by atoms with Crippen LogP contribution < -0.4 is 0 Å². The van der Waals surface area contributed by atoms with Crippen molar-refractivity contribution in [3.05, 3.63) is 21.3 Å². The Bertz CT molecular complexity index is 403. The van der Waals surface area contributed by atoms with E-state index < -0.39 is 0 Å². The van der Waals surface area contributed by atoms with Gasteiger partial charge in [0.25, 0.3) is 5.91 Å². The van der Waals surface area contributed by atoms with Crippen LogP contribution in [0.3, 0.4) is 0 Å². The summed E-state index contributed by atoms with van der Waals surface area (Å²) in [4.78, 5) is 14.7. The Morgan fingerprint density at radius 2 is 2.22 bits per heavy atom. The monoisotopic (exact) mass is 307 g/mol. The molecule has 0 bridgehead atoms. The van der Waals surface area contributed by atoms with Crippen molar-refractivity contribution in [3.8, 4) is 0 Å². The largest absolute Gasteiger partial charge is 0.377 e. The van der Waals surface area contributed by atoms with Crippen LogP contribution in [0.1, 0.15) is 22.5 Å². The number of hydrogen-bond donors (Lipinski definition) is 0. The number of amides is 1. The lowest BCUT2D eigenvalue weighted by atomic mass is 10.1. The van der Waals surface area contributed by atoms with Crippen molar-refractivity contribution < 1.29 is 9.53 Å². The van der Waals surface area contributed by atoms with E-state index in [0.717, 1.165) is 25.9 Å². The molecule has 0 radical (unpaired) electrons. The maximum Gasteiger partial charge on any atom is 0.265 e. The van der Waals surface area contributed by atoms with Crippen molar-refractivity contribution >= 4 is 40.4 Å². The fourth-order valence-corrected chi connectivity index (χ4v) is 3.22. The molecule has 18 heavy (non-hydrogen) atoms. The molecule has 0 N–H and O–H groups in total. The zero-order valence-electron chi connectivity index (χ0n) is 9.90. The van der Waals surface area contributed by atoms with E-state index in [0.29, 0.717) is 22.4 Å². The number of hydrogen-bond acceptors (Lipinski definition) is 3. The smallest absolute Gasteiger partial charge is 0.265 e. The highest BCUT2D eigenvalue weighted by Crippen LogP contribution is 2.25. The molecule has 100 valence electrons. The van der Waals surface area contributed by atoms with Crippen molar-refractivity contribution in [3.63, 3.8) is 0 Å². The van der Waals surface area contributed by atoms with Crippen LogP contribution in [0.5, 0.6) is 0 Å². The van der Waals surface area contributed by atoms with E-state index in [4.69, 9.17) is 27.9 Å². The van der Waals surface area contributed by atoms with Gasteiger partial charge in [-0.15, -0.1) is 22.9 Å². The summed E-state index contributed by atoms with van der Waals surface area (Å²) in [5.41, 5.74) is 0. The zero-order chi connectivity index (χ0) is 13.0. The Kier molecular flexibility index (Phi) is 5.30. The molecule has 1 aliphatic heterocycles. The van der Waals surface area contributed by atoms with Crippen molar-refractivity contribution in [1.82, 2.24) is 4.90 Å². The van der Waals surface area contributed by atoms with E-state index in [1.54, 1.807) is 6.07 Å². The highest BCUT2D eigenvalue weighted by atomic mass is 35.5. The molecule has 0 atom stereocenters. The second kappa shape index (κ2) is 6.75. The number of piperidine rings is 1. The third-order valence-electron chi connectivity index (χ3n) is 2.97. The molecule has 2 heterocycles. The predicted molar refractivity (Wildman–Crippen MR) is 74.9 cm³/mol. The van der Waals surface area contributed by atoms with E-state index in [-0.39, 0.29) is 12.0 Å². The number of halogens is 2. The number of ether oxygens (including phenoxy) is 1. The van der Waals surface area contributed by atoms with Gasteiger partial charge in [-0.3, -0.25) is 4.79 Å². The second-order valence-electron chi connectivity index (χ2n) is 4.15. The first kappa shape index (κ1) is 14.1. The molecule has 1 saturated heterocycles. The third kappa shape index (κ3) is 3.38. The zero-order valence-corrected chi connectivity index (χ0v) is 12.2. The molecule has 1 fully saturated rings. The molecular weight excluding hydrogens is 293 g/mol. The van der Waals surface area contributed by atoms with Gasteiger partial charge >= 0.3 is 0 Å². The van der Waals surface area contributed by atoms with E-state index >= 15 is 0 Å². The average Bonchev–Trinajstić information content (AvgIpc) is 2.82. The van der Waals surface area contributed by atoms with Crippen molar-refractivity contribution in [2.24, 2.45) is 0 Å². The molecule has 1 aromatic rings. The first-order valence-electron chi connectivity index (χ1n) is 5.92. The van der Waals surface area contributed by atoms with Crippen molar-refractivity contribution in [2.75, 3.05) is 25.6 Å². The topological polar surface area (TPSA) is 29.5 Å². The summed E-state index contributed by atoms with van der Waals surface area (Å²) in [5.74, 6) is 0.551. The fraction of sp³-hybridized carbons (Fsp3) is 0.583. The molecule has 2 rings (SSSR count). The first-order valence-corrected chi connectivity index (χ1v) is 7.71. The van der Waals surface area contributed by atoms with Crippen LogP contribution >= 0.6 is 34.5 Å². The van der Waals surface area contributed by atoms with Crippen LogP contribution in [0.4, 0.5) is 0 Å². The van der Waals surface area contributed by atoms with Gasteiger partial charge in [-0.1, -0.05) is 11.6 Å². The van der Waals surface area contributed by atoms with E-state index in [1.165, 1.54) is 11.3 Å². The Balaban J connectivity index is 1.86. The van der Waals surface area contributed by atoms with Crippen LogP contribution in [-0.2, 0) is 4.74 Å². The number of carbonyl (C=O) groups excluding carboxylic acids is 1. The Morgan fingerprint density at radius 1 is 1.50 bits per heavy atom. The fourth-order valence-electron chi connectivity index (χ4n) is 2.03. The summed E-state index contributed by atoms with van der Waals surface area (Å²) >= 11 is 13.0. The Hall–Kier alpha value is -0.290. The molecule has 0 aromatic carbocycles. The van der Waals surface area contributed by atoms with Crippen molar-refractivity contribution in [2.45, 2.75) is 18.9 Å².